The number of aromatic nitrogens is 1. The molecule has 0 aliphatic rings. The largest absolute Gasteiger partial charge is 0.271 e. The van der Waals surface area contributed by atoms with E-state index in [4.69, 9.17) is 5.84 Å². The van der Waals surface area contributed by atoms with Crippen molar-refractivity contribution >= 4 is 38.5 Å². The number of pyridine rings is 1. The molecule has 0 radical (unpaired) electrons. The Bertz CT molecular complexity index is 560. The number of nitrogens with one attached hydrogen (secondary N) is 1. The first-order valence-electron chi connectivity index (χ1n) is 5.45. The van der Waals surface area contributed by atoms with E-state index in [0.717, 1.165) is 15.6 Å². The SMILES string of the molecule is Cc1ccncc1C(NN)c1cc(I)ccc1Br. The molecule has 1 aromatic carbocycles. The average Bonchev–Trinajstić information content (AvgIpc) is 2.36. The van der Waals surface area contributed by atoms with Crippen molar-refractivity contribution in [1.82, 2.24) is 10.4 Å². The number of benzene rings is 1. The Balaban J connectivity index is 2.52. The Kier molecular flexibility index (Phi) is 4.71. The predicted octanol–water partition coefficient (Wildman–Crippen LogP) is 3.31. The first kappa shape index (κ1) is 13.9. The van der Waals surface area contributed by atoms with Gasteiger partial charge in [0.15, 0.2) is 0 Å². The van der Waals surface area contributed by atoms with Crippen LogP contribution in [0.3, 0.4) is 0 Å². The van der Waals surface area contributed by atoms with Gasteiger partial charge in [0.05, 0.1) is 6.04 Å². The highest BCUT2D eigenvalue weighted by Gasteiger charge is 2.17. The molecule has 18 heavy (non-hydrogen) atoms. The van der Waals surface area contributed by atoms with Gasteiger partial charge in [-0.25, -0.2) is 5.43 Å². The summed E-state index contributed by atoms with van der Waals surface area (Å²) in [5.74, 6) is 5.72. The average molecular weight is 418 g/mol. The number of hydrogen-bond acceptors (Lipinski definition) is 3. The minimum Gasteiger partial charge on any atom is -0.271 e. The molecule has 1 aromatic heterocycles. The second kappa shape index (κ2) is 6.10. The molecule has 0 aliphatic heterocycles. The van der Waals surface area contributed by atoms with Gasteiger partial charge in [0.2, 0.25) is 0 Å². The Hall–Kier alpha value is -0.500. The van der Waals surface area contributed by atoms with Crippen molar-refractivity contribution in [3.05, 3.63) is 61.4 Å². The smallest absolute Gasteiger partial charge is 0.0738 e. The fourth-order valence-electron chi connectivity index (χ4n) is 1.86. The summed E-state index contributed by atoms with van der Waals surface area (Å²) in [6.07, 6.45) is 3.64. The van der Waals surface area contributed by atoms with Crippen LogP contribution in [-0.2, 0) is 0 Å². The van der Waals surface area contributed by atoms with E-state index in [0.29, 0.717) is 0 Å². The highest BCUT2D eigenvalue weighted by molar-refractivity contribution is 14.1. The maximum Gasteiger partial charge on any atom is 0.0738 e. The van der Waals surface area contributed by atoms with Gasteiger partial charge in [-0.15, -0.1) is 0 Å². The number of nitrogens with zero attached hydrogens (tertiary/aromatic N) is 1. The van der Waals surface area contributed by atoms with Crippen molar-refractivity contribution in [2.45, 2.75) is 13.0 Å². The quantitative estimate of drug-likeness (QED) is 0.457. The Morgan fingerprint density at radius 2 is 2.11 bits per heavy atom. The molecule has 5 heteroatoms. The lowest BCUT2D eigenvalue weighted by Gasteiger charge is -2.20. The van der Waals surface area contributed by atoms with E-state index in [2.05, 4.69) is 68.0 Å². The Morgan fingerprint density at radius 1 is 1.33 bits per heavy atom. The second-order valence-corrected chi connectivity index (χ2v) is 6.10. The van der Waals surface area contributed by atoms with Gasteiger partial charge in [-0.3, -0.25) is 10.8 Å². The van der Waals surface area contributed by atoms with E-state index in [9.17, 15) is 0 Å². The van der Waals surface area contributed by atoms with Crippen molar-refractivity contribution in [1.29, 1.82) is 0 Å². The highest BCUT2D eigenvalue weighted by atomic mass is 127. The first-order valence-corrected chi connectivity index (χ1v) is 7.32. The molecule has 0 fully saturated rings. The number of nitrogens with two attached hydrogens (primary N) is 1. The fourth-order valence-corrected chi connectivity index (χ4v) is 2.85. The van der Waals surface area contributed by atoms with Crippen molar-refractivity contribution in [2.24, 2.45) is 5.84 Å². The van der Waals surface area contributed by atoms with Crippen LogP contribution in [0, 0.1) is 10.5 Å². The summed E-state index contributed by atoms with van der Waals surface area (Å²) in [7, 11) is 0. The van der Waals surface area contributed by atoms with Crippen LogP contribution in [-0.4, -0.2) is 4.98 Å². The topological polar surface area (TPSA) is 50.9 Å². The standard InChI is InChI=1S/C13H13BrIN3/c1-8-4-5-17-7-11(8)13(18-16)10-6-9(15)2-3-12(10)14/h2-7,13,18H,16H2,1H3. The van der Waals surface area contributed by atoms with Crippen LogP contribution in [0.4, 0.5) is 0 Å². The molecule has 3 nitrogen and oxygen atoms in total. The van der Waals surface area contributed by atoms with E-state index in [-0.39, 0.29) is 6.04 Å². The van der Waals surface area contributed by atoms with Gasteiger partial charge in [-0.1, -0.05) is 15.9 Å². The molecular formula is C13H13BrIN3. The predicted molar refractivity (Wildman–Crippen MR) is 85.0 cm³/mol. The molecule has 2 rings (SSSR count). The Labute approximate surface area is 128 Å². The van der Waals surface area contributed by atoms with E-state index in [1.54, 1.807) is 6.20 Å². The maximum absolute atomic E-state index is 5.72. The van der Waals surface area contributed by atoms with E-state index >= 15 is 0 Å². The third kappa shape index (κ3) is 2.90. The zero-order valence-corrected chi connectivity index (χ0v) is 13.6. The molecule has 0 amide bonds. The number of halogens is 2. The zero-order chi connectivity index (χ0) is 13.1. The van der Waals surface area contributed by atoms with Crippen molar-refractivity contribution < 1.29 is 0 Å². The second-order valence-electron chi connectivity index (χ2n) is 4.00. The first-order chi connectivity index (χ1) is 8.63. The van der Waals surface area contributed by atoms with E-state index < -0.39 is 0 Å². The zero-order valence-electron chi connectivity index (χ0n) is 9.82. The molecule has 0 spiro atoms. The summed E-state index contributed by atoms with van der Waals surface area (Å²) in [5.41, 5.74) is 6.23. The van der Waals surface area contributed by atoms with E-state index in [1.807, 2.05) is 18.3 Å². The van der Waals surface area contributed by atoms with Crippen LogP contribution < -0.4 is 11.3 Å². The third-order valence-corrected chi connectivity index (χ3v) is 4.22. The molecule has 1 atom stereocenters. The molecule has 2 aromatic rings. The lowest BCUT2D eigenvalue weighted by atomic mass is 9.97. The monoisotopic (exact) mass is 417 g/mol. The minimum absolute atomic E-state index is 0.0669. The molecule has 0 saturated heterocycles. The summed E-state index contributed by atoms with van der Waals surface area (Å²) in [4.78, 5) is 4.18. The van der Waals surface area contributed by atoms with Gasteiger partial charge >= 0.3 is 0 Å². The van der Waals surface area contributed by atoms with Gasteiger partial charge in [0.25, 0.3) is 0 Å². The van der Waals surface area contributed by atoms with Crippen molar-refractivity contribution in [3.8, 4) is 0 Å². The number of hydrazine groups is 1. The van der Waals surface area contributed by atoms with Crippen LogP contribution in [0.5, 0.6) is 0 Å². The summed E-state index contributed by atoms with van der Waals surface area (Å²) >= 11 is 5.87. The van der Waals surface area contributed by atoms with Gasteiger partial charge < -0.3 is 0 Å². The van der Waals surface area contributed by atoms with Crippen LogP contribution >= 0.6 is 38.5 Å². The van der Waals surface area contributed by atoms with Crippen LogP contribution in [0.15, 0.2) is 41.1 Å². The van der Waals surface area contributed by atoms with Crippen molar-refractivity contribution in [3.63, 3.8) is 0 Å². The minimum atomic E-state index is -0.0669. The summed E-state index contributed by atoms with van der Waals surface area (Å²) in [6.45, 7) is 2.06. The molecule has 0 aliphatic carbocycles. The van der Waals surface area contributed by atoms with Crippen molar-refractivity contribution in [2.75, 3.05) is 0 Å². The fraction of sp³-hybridized carbons (Fsp3) is 0.154. The highest BCUT2D eigenvalue weighted by Crippen LogP contribution is 2.30. The lowest BCUT2D eigenvalue weighted by molar-refractivity contribution is 0.629. The molecule has 0 bridgehead atoms. The number of rotatable bonds is 3. The Morgan fingerprint density at radius 3 is 2.78 bits per heavy atom. The molecule has 1 unspecified atom stereocenters. The summed E-state index contributed by atoms with van der Waals surface area (Å²) < 4.78 is 2.21. The van der Waals surface area contributed by atoms with Gasteiger partial charge in [0, 0.05) is 20.4 Å². The number of hydrogen-bond donors (Lipinski definition) is 2. The summed E-state index contributed by atoms with van der Waals surface area (Å²) in [6, 6.07) is 8.12. The van der Waals surface area contributed by atoms with E-state index in [1.165, 1.54) is 9.13 Å². The van der Waals surface area contributed by atoms with Gasteiger partial charge in [-0.05, 0) is 70.5 Å². The normalized spacial score (nSPS) is 12.4. The third-order valence-electron chi connectivity index (χ3n) is 2.83. The molecule has 3 N–H and O–H groups in total. The van der Waals surface area contributed by atoms with Crippen LogP contribution in [0.1, 0.15) is 22.7 Å². The maximum atomic E-state index is 5.72. The van der Waals surface area contributed by atoms with Gasteiger partial charge in [-0.2, -0.15) is 0 Å². The molecule has 0 saturated carbocycles. The molecule has 1 heterocycles. The number of aryl methyl sites for hydroxylation is 1. The van der Waals surface area contributed by atoms with Gasteiger partial charge in [0.1, 0.15) is 0 Å². The molecular weight excluding hydrogens is 405 g/mol. The lowest BCUT2D eigenvalue weighted by Crippen LogP contribution is -2.29. The molecule has 94 valence electrons. The van der Waals surface area contributed by atoms with Crippen LogP contribution in [0.2, 0.25) is 0 Å². The summed E-state index contributed by atoms with van der Waals surface area (Å²) in [5, 5.41) is 0. The van der Waals surface area contributed by atoms with Crippen LogP contribution in [0.25, 0.3) is 0 Å².